The van der Waals surface area contributed by atoms with E-state index >= 15 is 0 Å². The number of nitrogens with zero attached hydrogens (tertiary/aromatic N) is 3. The van der Waals surface area contributed by atoms with Gasteiger partial charge in [0.2, 0.25) is 5.89 Å². The number of hydrogen-bond acceptors (Lipinski definition) is 10. The number of amidine groups is 1. The van der Waals surface area contributed by atoms with Gasteiger partial charge in [0.15, 0.2) is 5.82 Å². The number of fused-ring (bicyclic) bond motifs is 2. The Balaban J connectivity index is 2.25. The zero-order valence-corrected chi connectivity index (χ0v) is 16.8. The minimum Gasteiger partial charge on any atom is -0.480 e. The molecule has 0 aliphatic carbocycles. The van der Waals surface area contributed by atoms with Gasteiger partial charge >= 0.3 is 5.97 Å². The van der Waals surface area contributed by atoms with Crippen LogP contribution in [0.1, 0.15) is 62.8 Å². The molecular formula is C15H27N7O6S. The number of carboxylic acids is 1. The van der Waals surface area contributed by atoms with Crippen molar-refractivity contribution in [3.05, 3.63) is 11.7 Å². The van der Waals surface area contributed by atoms with Crippen LogP contribution in [0.15, 0.2) is 9.52 Å². The van der Waals surface area contributed by atoms with Gasteiger partial charge in [-0.2, -0.15) is 22.8 Å². The Bertz CT molecular complexity index is 825. The Kier molecular flexibility index (Phi) is 8.04. The second-order valence-corrected chi connectivity index (χ2v) is 8.33. The van der Waals surface area contributed by atoms with Crippen molar-refractivity contribution >= 4 is 22.0 Å². The third-order valence-electron chi connectivity index (χ3n) is 4.34. The van der Waals surface area contributed by atoms with Crippen LogP contribution in [0.3, 0.4) is 0 Å². The lowest BCUT2D eigenvalue weighted by Gasteiger charge is -2.20. The van der Waals surface area contributed by atoms with Gasteiger partial charge in [0.1, 0.15) is 12.1 Å². The zero-order valence-electron chi connectivity index (χ0n) is 16.0. The maximum atomic E-state index is 12.4. The number of carboxylic acid groups (broad SMARTS) is 1. The standard InChI is InChI=1S/C15H27N7O6S/c1-8(23)12(15(24)25)22-29(26,27)21-10-5-6-11(17)18-7-3-2-4-9(16)13-19-14(10)28-20-13/h8-10,12,21-23H,2-7,16H2,1H3,(H2,17,18)(H,24,25)/t8?,9-,10-,12-/m0/s1. The number of hydrogen-bond donors (Lipinski definition) is 6. The van der Waals surface area contributed by atoms with Crippen LogP contribution in [0, 0.1) is 0 Å². The predicted molar refractivity (Wildman–Crippen MR) is 102 cm³/mol. The largest absolute Gasteiger partial charge is 0.480 e. The molecule has 0 amide bonds. The van der Waals surface area contributed by atoms with Crippen molar-refractivity contribution in [3.63, 3.8) is 0 Å². The summed E-state index contributed by atoms with van der Waals surface area (Å²) in [4.78, 5) is 19.6. The molecule has 0 saturated heterocycles. The van der Waals surface area contributed by atoms with Gasteiger partial charge < -0.3 is 26.2 Å². The maximum absolute atomic E-state index is 12.4. The van der Waals surface area contributed by atoms with E-state index in [4.69, 9.17) is 21.1 Å². The van der Waals surface area contributed by atoms with E-state index in [2.05, 4.69) is 19.9 Å². The van der Waals surface area contributed by atoms with Gasteiger partial charge in [-0.15, -0.1) is 0 Å². The van der Waals surface area contributed by atoms with Gasteiger partial charge in [-0.05, 0) is 32.6 Å². The fourth-order valence-electron chi connectivity index (χ4n) is 2.71. The Labute approximate surface area is 168 Å². The molecule has 2 bridgehead atoms. The first kappa shape index (κ1) is 23.2. The van der Waals surface area contributed by atoms with Crippen LogP contribution in [0.5, 0.6) is 0 Å². The van der Waals surface area contributed by atoms with Crippen LogP contribution in [-0.4, -0.2) is 59.3 Å². The fraction of sp³-hybridized carbons (Fsp3) is 0.733. The van der Waals surface area contributed by atoms with Gasteiger partial charge in [-0.1, -0.05) is 5.16 Å². The summed E-state index contributed by atoms with van der Waals surface area (Å²) >= 11 is 0. The van der Waals surface area contributed by atoms with E-state index in [9.17, 15) is 18.3 Å². The first-order chi connectivity index (χ1) is 13.6. The van der Waals surface area contributed by atoms with E-state index in [1.54, 1.807) is 0 Å². The smallest absolute Gasteiger partial charge is 0.324 e. The molecular weight excluding hydrogens is 406 g/mol. The van der Waals surface area contributed by atoms with Gasteiger partial charge in [0.25, 0.3) is 10.2 Å². The van der Waals surface area contributed by atoms with Crippen molar-refractivity contribution in [1.82, 2.24) is 19.6 Å². The molecule has 0 spiro atoms. The van der Waals surface area contributed by atoms with Crippen molar-refractivity contribution in [2.75, 3.05) is 6.54 Å². The molecule has 8 N–H and O–H groups in total. The number of aliphatic hydroxyl groups is 1. The lowest BCUT2D eigenvalue weighted by atomic mass is 10.1. The van der Waals surface area contributed by atoms with E-state index in [-0.39, 0.29) is 24.6 Å². The number of nitrogens with one attached hydrogen (secondary N) is 2. The molecule has 14 heteroatoms. The molecule has 0 radical (unpaired) electrons. The van der Waals surface area contributed by atoms with Crippen LogP contribution in [0.2, 0.25) is 0 Å². The van der Waals surface area contributed by atoms with Gasteiger partial charge in [-0.3, -0.25) is 9.79 Å². The molecule has 2 heterocycles. The third-order valence-corrected chi connectivity index (χ3v) is 5.50. The average Bonchev–Trinajstić information content (AvgIpc) is 3.12. The quantitative estimate of drug-likeness (QED) is 0.311. The van der Waals surface area contributed by atoms with Crippen LogP contribution in [0.25, 0.3) is 0 Å². The first-order valence-corrected chi connectivity index (χ1v) is 10.7. The number of aliphatic hydroxyl groups excluding tert-OH is 1. The Morgan fingerprint density at radius 3 is 2.72 bits per heavy atom. The molecule has 29 heavy (non-hydrogen) atoms. The highest BCUT2D eigenvalue weighted by atomic mass is 32.2. The highest BCUT2D eigenvalue weighted by Crippen LogP contribution is 2.22. The van der Waals surface area contributed by atoms with Gasteiger partial charge in [-0.25, -0.2) is 0 Å². The molecule has 1 aliphatic heterocycles. The van der Waals surface area contributed by atoms with Gasteiger partial charge in [0, 0.05) is 13.0 Å². The number of aliphatic carboxylic acids is 1. The van der Waals surface area contributed by atoms with E-state index in [1.165, 1.54) is 0 Å². The van der Waals surface area contributed by atoms with E-state index in [0.29, 0.717) is 18.8 Å². The highest BCUT2D eigenvalue weighted by molar-refractivity contribution is 7.87. The molecule has 0 saturated carbocycles. The molecule has 0 aromatic carbocycles. The lowest BCUT2D eigenvalue weighted by Crippen LogP contribution is -2.52. The van der Waals surface area contributed by atoms with Crippen LogP contribution in [-0.2, 0) is 15.0 Å². The second-order valence-electron chi connectivity index (χ2n) is 6.85. The van der Waals surface area contributed by atoms with Crippen molar-refractivity contribution in [1.29, 1.82) is 0 Å². The maximum Gasteiger partial charge on any atom is 0.324 e. The first-order valence-electron chi connectivity index (χ1n) is 9.17. The van der Waals surface area contributed by atoms with Crippen LogP contribution < -0.4 is 20.9 Å². The van der Waals surface area contributed by atoms with Crippen molar-refractivity contribution in [2.24, 2.45) is 16.5 Å². The van der Waals surface area contributed by atoms with E-state index < -0.39 is 40.4 Å². The summed E-state index contributed by atoms with van der Waals surface area (Å²) in [5, 5.41) is 22.4. The molecule has 1 aliphatic rings. The summed E-state index contributed by atoms with van der Waals surface area (Å²) in [6.45, 7) is 1.69. The molecule has 2 rings (SSSR count). The van der Waals surface area contributed by atoms with Gasteiger partial charge in [0.05, 0.1) is 18.0 Å². The summed E-state index contributed by atoms with van der Waals surface area (Å²) in [5.41, 5.74) is 11.9. The summed E-state index contributed by atoms with van der Waals surface area (Å²) < 4.78 is 34.2. The predicted octanol–water partition coefficient (Wildman–Crippen LogP) is -1.31. The van der Waals surface area contributed by atoms with E-state index in [0.717, 1.165) is 19.8 Å². The molecule has 4 atom stereocenters. The van der Waals surface area contributed by atoms with Crippen LogP contribution >= 0.6 is 0 Å². The normalized spacial score (nSPS) is 23.8. The topological polar surface area (TPSA) is 219 Å². The third kappa shape index (κ3) is 7.01. The highest BCUT2D eigenvalue weighted by Gasteiger charge is 2.32. The summed E-state index contributed by atoms with van der Waals surface area (Å²) in [6, 6.07) is -3.21. The fourth-order valence-corrected chi connectivity index (χ4v) is 4.01. The average molecular weight is 433 g/mol. The molecule has 0 fully saturated rings. The van der Waals surface area contributed by atoms with Crippen molar-refractivity contribution in [3.8, 4) is 0 Å². The molecule has 164 valence electrons. The SMILES string of the molecule is CC(O)[C@H](NS(=O)(=O)N[C@H]1CCC(N)=NCCCC[C@H](N)c2noc1n2)C(=O)O. The minimum absolute atomic E-state index is 0.0307. The summed E-state index contributed by atoms with van der Waals surface area (Å²) in [6.07, 6.45) is 1.10. The molecule has 1 unspecified atom stereocenters. The number of aliphatic imine (C=N–C) groups is 1. The number of nitrogens with two attached hydrogens (primary N) is 2. The van der Waals surface area contributed by atoms with E-state index in [1.807, 2.05) is 4.72 Å². The monoisotopic (exact) mass is 433 g/mol. The number of carbonyl (C=O) groups is 1. The molecule has 1 aromatic rings. The second kappa shape index (κ2) is 10.1. The number of rotatable bonds is 6. The van der Waals surface area contributed by atoms with Crippen LogP contribution in [0.4, 0.5) is 0 Å². The Hall–Kier alpha value is -2.13. The Morgan fingerprint density at radius 2 is 2.07 bits per heavy atom. The molecule has 1 aromatic heterocycles. The minimum atomic E-state index is -4.36. The van der Waals surface area contributed by atoms with Crippen molar-refractivity contribution < 1.29 is 27.9 Å². The molecule has 13 nitrogen and oxygen atoms in total. The van der Waals surface area contributed by atoms with Crippen molar-refractivity contribution in [2.45, 2.75) is 63.3 Å². The summed E-state index contributed by atoms with van der Waals surface area (Å²) in [5.74, 6) is -0.963. The Morgan fingerprint density at radius 1 is 1.34 bits per heavy atom. The number of aromatic nitrogens is 2. The zero-order chi connectivity index (χ0) is 21.6. The lowest BCUT2D eigenvalue weighted by molar-refractivity contribution is -0.141. The summed E-state index contributed by atoms with van der Waals surface area (Å²) in [7, 11) is -4.36.